The Balaban J connectivity index is 0.000000113. The zero-order valence-corrected chi connectivity index (χ0v) is 64.5. The lowest BCUT2D eigenvalue weighted by Crippen LogP contribution is -1.95. The summed E-state index contributed by atoms with van der Waals surface area (Å²) in [6.07, 6.45) is 0. The zero-order valence-electron chi connectivity index (χ0n) is 59.8. The lowest BCUT2D eigenvalue weighted by molar-refractivity contribution is 0.671. The average molecular weight is 1580 g/mol. The maximum atomic E-state index is 7.12. The van der Waals surface area contributed by atoms with E-state index in [9.17, 15) is 0 Å². The van der Waals surface area contributed by atoms with Crippen molar-refractivity contribution in [3.63, 3.8) is 0 Å². The van der Waals surface area contributed by atoms with Crippen LogP contribution in [0, 0.1) is 0 Å². The highest BCUT2D eigenvalue weighted by Gasteiger charge is 2.26. The van der Waals surface area contributed by atoms with E-state index in [-0.39, 0.29) is 10.3 Å². The monoisotopic (exact) mass is 1580 g/mol. The highest BCUT2D eigenvalue weighted by Crippen LogP contribution is 2.50. The van der Waals surface area contributed by atoms with E-state index in [0.29, 0.717) is 0 Å². The first-order valence-corrected chi connectivity index (χ1v) is 40.8. The Morgan fingerprint density at radius 3 is 1.42 bits per heavy atom. The fourth-order valence-electron chi connectivity index (χ4n) is 18.1. The van der Waals surface area contributed by atoms with E-state index in [4.69, 9.17) is 32.0 Å². The third kappa shape index (κ3) is 10.0. The third-order valence-electron chi connectivity index (χ3n) is 23.2. The second-order valence-corrected chi connectivity index (χ2v) is 33.1. The highest BCUT2D eigenvalue weighted by atomic mass is 79.9. The molecule has 0 aliphatic carbocycles. The molecule has 26 rings (SSSR count). The van der Waals surface area contributed by atoms with Gasteiger partial charge in [0.1, 0.15) is 11.2 Å². The van der Waals surface area contributed by atoms with Crippen LogP contribution in [-0.2, 0) is 0 Å². The molecule has 0 aliphatic heterocycles. The summed E-state index contributed by atoms with van der Waals surface area (Å²) in [5.41, 5.74) is 15.6. The molecule has 0 unspecified atom stereocenters. The number of aromatic nitrogens is 4. The number of furan rings is 2. The second kappa shape index (κ2) is 25.0. The van der Waals surface area contributed by atoms with Crippen molar-refractivity contribution in [1.29, 1.82) is 0 Å². The van der Waals surface area contributed by atoms with Crippen LogP contribution in [0.25, 0.3) is 242 Å². The summed E-state index contributed by atoms with van der Waals surface area (Å²) in [7, 11) is 0. The number of hydrogen-bond acceptors (Lipinski definition) is 6. The number of H-pyrrole nitrogens is 1. The first-order valence-electron chi connectivity index (χ1n) is 37.6. The third-order valence-corrected chi connectivity index (χ3v) is 26.8. The first kappa shape index (κ1) is 64.8. The van der Waals surface area contributed by atoms with Crippen LogP contribution in [0.15, 0.2) is 341 Å². The SMILES string of the molecule is Brc1cc(-n2c3ccccc3c3c4ccccc4c4c5cc6cc(-c7ccc8c(c7)sc7ccccc78)ccc6cc5oc4c32)cc2c1ccc1ccccc12.Clc1nc2ccc3ccccc3c2nc1Cl.c1ccc2c(c1)[nH]c1c3oc4cc5ccc(-c6ccc7c(c6)sc6ccccc67)cc5cc4c3c3ccccc3c21. The molecule has 0 saturated heterocycles. The Hall–Kier alpha value is -13.0. The Kier molecular flexibility index (Phi) is 14.4. The largest absolute Gasteiger partial charge is 0.454 e. The molecule has 528 valence electrons. The van der Waals surface area contributed by atoms with Gasteiger partial charge in [0.15, 0.2) is 21.5 Å². The van der Waals surface area contributed by atoms with Gasteiger partial charge in [0, 0.05) is 104 Å². The number of aromatic amines is 1. The number of fused-ring (bicyclic) bond motifs is 34. The van der Waals surface area contributed by atoms with Crippen LogP contribution in [-0.4, -0.2) is 19.5 Å². The average Bonchev–Trinajstić information content (AvgIpc) is 1.54. The van der Waals surface area contributed by atoms with E-state index >= 15 is 0 Å². The summed E-state index contributed by atoms with van der Waals surface area (Å²) in [5.74, 6) is 0. The van der Waals surface area contributed by atoms with Gasteiger partial charge in [-0.05, 0) is 183 Å². The molecule has 0 bridgehead atoms. The summed E-state index contributed by atoms with van der Waals surface area (Å²) in [6, 6.07) is 118. The van der Waals surface area contributed by atoms with Crippen LogP contribution in [0.2, 0.25) is 10.3 Å². The summed E-state index contributed by atoms with van der Waals surface area (Å²) >= 11 is 19.4. The first-order chi connectivity index (χ1) is 55.7. The van der Waals surface area contributed by atoms with Crippen LogP contribution in [0.5, 0.6) is 0 Å². The van der Waals surface area contributed by atoms with Gasteiger partial charge in [-0.25, -0.2) is 9.97 Å². The van der Waals surface area contributed by atoms with Crippen molar-refractivity contribution in [2.24, 2.45) is 0 Å². The van der Waals surface area contributed by atoms with Crippen LogP contribution >= 0.6 is 61.8 Å². The zero-order chi connectivity index (χ0) is 74.4. The molecule has 7 aromatic heterocycles. The van der Waals surface area contributed by atoms with E-state index in [1.54, 1.807) is 0 Å². The van der Waals surface area contributed by atoms with Gasteiger partial charge in [-0.2, -0.15) is 0 Å². The van der Waals surface area contributed by atoms with Gasteiger partial charge in [0.05, 0.1) is 27.6 Å². The molecule has 0 fully saturated rings. The van der Waals surface area contributed by atoms with Gasteiger partial charge >= 0.3 is 0 Å². The highest BCUT2D eigenvalue weighted by molar-refractivity contribution is 9.10. The van der Waals surface area contributed by atoms with Crippen LogP contribution in [0.4, 0.5) is 0 Å². The molecule has 113 heavy (non-hydrogen) atoms. The Labute approximate surface area is 669 Å². The molecule has 1 N–H and O–H groups in total. The normalized spacial score (nSPS) is 12.2. The number of hydrogen-bond donors (Lipinski definition) is 1. The maximum absolute atomic E-state index is 7.12. The number of benzene rings is 19. The smallest absolute Gasteiger partial charge is 0.167 e. The fourth-order valence-corrected chi connectivity index (χ4v) is 21.2. The van der Waals surface area contributed by atoms with Gasteiger partial charge in [-0.15, -0.1) is 22.7 Å². The van der Waals surface area contributed by atoms with E-state index in [1.807, 2.05) is 59.1 Å². The molecule has 26 aromatic rings. The number of rotatable bonds is 3. The Morgan fingerprint density at radius 1 is 0.310 bits per heavy atom. The quantitative estimate of drug-likeness (QED) is 0.179. The number of para-hydroxylation sites is 2. The molecule has 0 atom stereocenters. The van der Waals surface area contributed by atoms with E-state index < -0.39 is 0 Å². The number of thiophene rings is 2. The van der Waals surface area contributed by atoms with Gasteiger partial charge in [-0.3, -0.25) is 0 Å². The second-order valence-electron chi connectivity index (χ2n) is 29.4. The minimum absolute atomic E-state index is 0.240. The van der Waals surface area contributed by atoms with Crippen molar-refractivity contribution < 1.29 is 8.83 Å². The molecule has 0 radical (unpaired) electrons. The van der Waals surface area contributed by atoms with Gasteiger partial charge in [0.2, 0.25) is 0 Å². The van der Waals surface area contributed by atoms with Crippen molar-refractivity contribution in [2.75, 3.05) is 0 Å². The topological polar surface area (TPSA) is 72.8 Å². The van der Waals surface area contributed by atoms with E-state index in [0.717, 1.165) is 97.9 Å². The number of halogens is 3. The van der Waals surface area contributed by atoms with Crippen LogP contribution in [0.1, 0.15) is 0 Å². The molecular formula is C102H55BrCl2N4O2S2. The molecule has 0 amide bonds. The molecule has 6 nitrogen and oxygen atoms in total. The summed E-state index contributed by atoms with van der Waals surface area (Å²) in [5, 5.41) is 32.0. The van der Waals surface area contributed by atoms with E-state index in [1.165, 1.54) is 149 Å². The summed E-state index contributed by atoms with van der Waals surface area (Å²) in [6.45, 7) is 0. The minimum Gasteiger partial charge on any atom is -0.454 e. The molecule has 0 saturated carbocycles. The standard InChI is InChI=1S/C52H28BrNOS.C38H21NOS.C12H6Cl2N2/c53-44-28-34(27-42-35-10-2-1-9-29(35)19-21-36(42)44)54-45-15-7-5-14-41(45)49-39-12-3-4-13-40(39)50-43-24-33-23-30(17-18-31(33)25-46(43)55-52(50)51(49)54)32-20-22-38-37-11-6-8-16-47(37)56-48(38)26-32;1-2-9-28-27(8-1)35-29-10-3-5-11-31(29)39-37(35)38-36(28)30-18-24-17-21(13-14-22(24)19-32(30)40-38)23-15-16-26-25-7-4-6-12-33(25)41-34(26)20-23;13-11-12(14)16-10-8-4-2-1-3-7(8)5-6-9(10)15-11/h1-28H;1-20,39H;1-6H. The summed E-state index contributed by atoms with van der Waals surface area (Å²) < 4.78 is 22.6. The molecule has 0 aliphatic rings. The lowest BCUT2D eigenvalue weighted by Gasteiger charge is -2.13. The van der Waals surface area contributed by atoms with Gasteiger partial charge in [0.25, 0.3) is 0 Å². The summed E-state index contributed by atoms with van der Waals surface area (Å²) in [4.78, 5) is 12.1. The minimum atomic E-state index is 0.240. The predicted molar refractivity (Wildman–Crippen MR) is 488 cm³/mol. The fraction of sp³-hybridized carbons (Fsp3) is 0. The maximum Gasteiger partial charge on any atom is 0.167 e. The Morgan fingerprint density at radius 2 is 0.770 bits per heavy atom. The van der Waals surface area contributed by atoms with Crippen molar-refractivity contribution >= 4 is 276 Å². The molecule has 19 aromatic carbocycles. The molecule has 7 heterocycles. The molecular weight excluding hydrogens is 1530 g/mol. The number of nitrogens with one attached hydrogen (secondary N) is 1. The lowest BCUT2D eigenvalue weighted by atomic mass is 9.96. The van der Waals surface area contributed by atoms with Crippen molar-refractivity contribution in [3.05, 3.63) is 342 Å². The van der Waals surface area contributed by atoms with Crippen LogP contribution < -0.4 is 0 Å². The van der Waals surface area contributed by atoms with Gasteiger partial charge in [-0.1, -0.05) is 276 Å². The van der Waals surface area contributed by atoms with Crippen LogP contribution in [0.3, 0.4) is 0 Å². The van der Waals surface area contributed by atoms with E-state index in [2.05, 4.69) is 327 Å². The number of nitrogens with zero attached hydrogens (tertiary/aromatic N) is 3. The predicted octanol–water partition coefficient (Wildman–Crippen LogP) is 31.7. The van der Waals surface area contributed by atoms with Crippen molar-refractivity contribution in [1.82, 2.24) is 19.5 Å². The van der Waals surface area contributed by atoms with Crippen molar-refractivity contribution in [3.8, 4) is 27.9 Å². The molecule has 11 heteroatoms. The van der Waals surface area contributed by atoms with Gasteiger partial charge < -0.3 is 18.4 Å². The molecule has 0 spiro atoms. The van der Waals surface area contributed by atoms with Crippen molar-refractivity contribution in [2.45, 2.75) is 0 Å². The Bertz CT molecular complexity index is 8660.